The van der Waals surface area contributed by atoms with Gasteiger partial charge in [0, 0.05) is 16.7 Å². The smallest absolute Gasteiger partial charge is 0.164 e. The fourth-order valence-electron chi connectivity index (χ4n) is 6.66. The molecule has 0 fully saturated rings. The summed E-state index contributed by atoms with van der Waals surface area (Å²) in [5.74, 6) is 1.97. The molecule has 0 bridgehead atoms. The number of hydrogen-bond donors (Lipinski definition) is 0. The van der Waals surface area contributed by atoms with E-state index in [4.69, 9.17) is 15.0 Å². The molecule has 8 aromatic carbocycles. The molecule has 3 nitrogen and oxygen atoms in total. The number of rotatable bonds is 5. The van der Waals surface area contributed by atoms with Crippen molar-refractivity contribution < 1.29 is 0 Å². The van der Waals surface area contributed by atoms with Crippen molar-refractivity contribution in [3.63, 3.8) is 0 Å². The van der Waals surface area contributed by atoms with Gasteiger partial charge in [0.2, 0.25) is 0 Å². The standard InChI is InChI=1S/C45H29N3/c1-2-13-32(14-3-1)43-46-44(48-45(47-43)42-20-10-16-31-12-6-7-17-39(31)42)38-26-23-34-28-37(25-22-35(34)29-38)41-19-9-8-18-40(41)36-24-21-30-11-4-5-15-33(30)27-36/h1-29H. The van der Waals surface area contributed by atoms with Crippen LogP contribution in [0.15, 0.2) is 176 Å². The minimum Gasteiger partial charge on any atom is -0.208 e. The summed E-state index contributed by atoms with van der Waals surface area (Å²) in [5.41, 5.74) is 7.73. The van der Waals surface area contributed by atoms with Crippen molar-refractivity contribution in [2.24, 2.45) is 0 Å². The third-order valence-corrected chi connectivity index (χ3v) is 9.09. The normalized spacial score (nSPS) is 11.3. The van der Waals surface area contributed by atoms with E-state index in [0.717, 1.165) is 38.2 Å². The molecule has 0 saturated heterocycles. The number of nitrogens with zero attached hydrogens (tertiary/aromatic N) is 3. The number of hydrogen-bond acceptors (Lipinski definition) is 3. The van der Waals surface area contributed by atoms with Crippen LogP contribution in [-0.2, 0) is 0 Å². The highest BCUT2D eigenvalue weighted by Crippen LogP contribution is 2.36. The monoisotopic (exact) mass is 611 g/mol. The zero-order valence-electron chi connectivity index (χ0n) is 26.1. The predicted molar refractivity (Wildman–Crippen MR) is 200 cm³/mol. The van der Waals surface area contributed by atoms with E-state index in [2.05, 4.69) is 146 Å². The number of fused-ring (bicyclic) bond motifs is 3. The average molecular weight is 612 g/mol. The summed E-state index contributed by atoms with van der Waals surface area (Å²) in [7, 11) is 0. The summed E-state index contributed by atoms with van der Waals surface area (Å²) < 4.78 is 0. The second-order valence-corrected chi connectivity index (χ2v) is 12.1. The molecule has 0 aliphatic heterocycles. The van der Waals surface area contributed by atoms with Crippen LogP contribution in [0.4, 0.5) is 0 Å². The quantitative estimate of drug-likeness (QED) is 0.194. The Balaban J connectivity index is 1.14. The van der Waals surface area contributed by atoms with E-state index in [0.29, 0.717) is 17.5 Å². The minimum absolute atomic E-state index is 0.652. The van der Waals surface area contributed by atoms with Crippen molar-refractivity contribution in [2.75, 3.05) is 0 Å². The first kappa shape index (κ1) is 27.8. The van der Waals surface area contributed by atoms with Gasteiger partial charge >= 0.3 is 0 Å². The predicted octanol–water partition coefficient (Wildman–Crippen LogP) is 11.7. The summed E-state index contributed by atoms with van der Waals surface area (Å²) in [6, 6.07) is 61.9. The second kappa shape index (κ2) is 11.7. The summed E-state index contributed by atoms with van der Waals surface area (Å²) in [5, 5.41) is 7.06. The molecule has 0 aliphatic carbocycles. The molecule has 9 rings (SSSR count). The second-order valence-electron chi connectivity index (χ2n) is 12.1. The van der Waals surface area contributed by atoms with E-state index >= 15 is 0 Å². The van der Waals surface area contributed by atoms with Crippen molar-refractivity contribution in [2.45, 2.75) is 0 Å². The van der Waals surface area contributed by atoms with Crippen LogP contribution in [0.25, 0.3) is 88.7 Å². The molecule has 0 N–H and O–H groups in total. The summed E-state index contributed by atoms with van der Waals surface area (Å²) in [4.78, 5) is 15.0. The van der Waals surface area contributed by atoms with Crippen molar-refractivity contribution in [1.82, 2.24) is 15.0 Å². The van der Waals surface area contributed by atoms with Crippen LogP contribution < -0.4 is 0 Å². The van der Waals surface area contributed by atoms with Crippen LogP contribution in [0.2, 0.25) is 0 Å². The van der Waals surface area contributed by atoms with Crippen molar-refractivity contribution >= 4 is 32.3 Å². The average Bonchev–Trinajstić information content (AvgIpc) is 3.17. The molecule has 48 heavy (non-hydrogen) atoms. The lowest BCUT2D eigenvalue weighted by Gasteiger charge is -2.13. The van der Waals surface area contributed by atoms with E-state index < -0.39 is 0 Å². The van der Waals surface area contributed by atoms with Gasteiger partial charge in [-0.25, -0.2) is 15.0 Å². The Morgan fingerprint density at radius 2 is 0.708 bits per heavy atom. The van der Waals surface area contributed by atoms with Crippen LogP contribution in [0.1, 0.15) is 0 Å². The molecule has 1 heterocycles. The zero-order valence-corrected chi connectivity index (χ0v) is 26.1. The van der Waals surface area contributed by atoms with E-state index in [9.17, 15) is 0 Å². The molecule has 0 saturated carbocycles. The maximum absolute atomic E-state index is 5.07. The Morgan fingerprint density at radius 3 is 1.44 bits per heavy atom. The summed E-state index contributed by atoms with van der Waals surface area (Å²) in [6.45, 7) is 0. The maximum atomic E-state index is 5.07. The molecule has 9 aromatic rings. The first-order valence-corrected chi connectivity index (χ1v) is 16.2. The first-order valence-electron chi connectivity index (χ1n) is 16.2. The van der Waals surface area contributed by atoms with Gasteiger partial charge in [-0.05, 0) is 72.8 Å². The van der Waals surface area contributed by atoms with Crippen molar-refractivity contribution in [3.8, 4) is 56.4 Å². The third-order valence-electron chi connectivity index (χ3n) is 9.09. The minimum atomic E-state index is 0.652. The highest BCUT2D eigenvalue weighted by atomic mass is 15.0. The topological polar surface area (TPSA) is 38.7 Å². The summed E-state index contributed by atoms with van der Waals surface area (Å²) >= 11 is 0. The maximum Gasteiger partial charge on any atom is 0.164 e. The highest BCUT2D eigenvalue weighted by molar-refractivity contribution is 5.97. The van der Waals surface area contributed by atoms with Gasteiger partial charge in [-0.3, -0.25) is 0 Å². The van der Waals surface area contributed by atoms with Crippen LogP contribution in [0.3, 0.4) is 0 Å². The van der Waals surface area contributed by atoms with Gasteiger partial charge in [0.15, 0.2) is 17.5 Å². The molecule has 1 aromatic heterocycles. The van der Waals surface area contributed by atoms with Gasteiger partial charge in [0.05, 0.1) is 0 Å². The fraction of sp³-hybridized carbons (Fsp3) is 0. The van der Waals surface area contributed by atoms with Crippen LogP contribution in [0.5, 0.6) is 0 Å². The molecule has 0 atom stereocenters. The summed E-state index contributed by atoms with van der Waals surface area (Å²) in [6.07, 6.45) is 0. The molecule has 0 amide bonds. The largest absolute Gasteiger partial charge is 0.208 e. The molecule has 3 heteroatoms. The van der Waals surface area contributed by atoms with E-state index in [1.165, 1.54) is 33.0 Å². The Bertz CT molecular complexity index is 2620. The highest BCUT2D eigenvalue weighted by Gasteiger charge is 2.15. The Morgan fingerprint density at radius 1 is 0.250 bits per heavy atom. The van der Waals surface area contributed by atoms with E-state index in [1.807, 2.05) is 30.3 Å². The van der Waals surface area contributed by atoms with Crippen LogP contribution in [0, 0.1) is 0 Å². The van der Waals surface area contributed by atoms with Crippen LogP contribution in [-0.4, -0.2) is 15.0 Å². The van der Waals surface area contributed by atoms with Crippen molar-refractivity contribution in [3.05, 3.63) is 176 Å². The van der Waals surface area contributed by atoms with Gasteiger partial charge in [0.1, 0.15) is 0 Å². The SMILES string of the molecule is c1ccc(-c2nc(-c3ccc4cc(-c5ccccc5-c5ccc6ccccc6c5)ccc4c3)nc(-c3cccc4ccccc34)n2)cc1. The lowest BCUT2D eigenvalue weighted by Crippen LogP contribution is -2.00. The van der Waals surface area contributed by atoms with Crippen molar-refractivity contribution in [1.29, 1.82) is 0 Å². The molecular formula is C45H29N3. The van der Waals surface area contributed by atoms with Gasteiger partial charge in [0.25, 0.3) is 0 Å². The van der Waals surface area contributed by atoms with Gasteiger partial charge in [-0.1, -0.05) is 158 Å². The lowest BCUT2D eigenvalue weighted by molar-refractivity contribution is 1.08. The number of benzene rings is 8. The molecular weight excluding hydrogens is 583 g/mol. The third kappa shape index (κ3) is 5.08. The molecule has 224 valence electrons. The zero-order chi connectivity index (χ0) is 31.9. The lowest BCUT2D eigenvalue weighted by atomic mass is 9.92. The van der Waals surface area contributed by atoms with Gasteiger partial charge in [-0.2, -0.15) is 0 Å². The van der Waals surface area contributed by atoms with E-state index in [-0.39, 0.29) is 0 Å². The molecule has 0 radical (unpaired) electrons. The molecule has 0 aliphatic rings. The Hall–Kier alpha value is -6.45. The molecule has 0 unspecified atom stereocenters. The van der Waals surface area contributed by atoms with Gasteiger partial charge in [-0.15, -0.1) is 0 Å². The fourth-order valence-corrected chi connectivity index (χ4v) is 6.66. The molecule has 0 spiro atoms. The van der Waals surface area contributed by atoms with E-state index in [1.54, 1.807) is 0 Å². The Labute approximate surface area is 278 Å². The number of aromatic nitrogens is 3. The van der Waals surface area contributed by atoms with Crippen LogP contribution >= 0.6 is 0 Å². The van der Waals surface area contributed by atoms with Gasteiger partial charge < -0.3 is 0 Å². The first-order chi connectivity index (χ1) is 23.8. The Kier molecular flexibility index (Phi) is 6.80.